The van der Waals surface area contributed by atoms with Crippen molar-refractivity contribution in [3.05, 3.63) is 58.8 Å². The standard InChI is InChI=1S/C18H16FN5S/c1-10-11(2)21-17-22-18(23-24(17)12(10)3)25-9-14-8-15(19)7-13-5-4-6-20-16(13)14/h4-8H,9H2,1-3H3. The van der Waals surface area contributed by atoms with Gasteiger partial charge in [0, 0.05) is 28.7 Å². The van der Waals surface area contributed by atoms with Gasteiger partial charge in [-0.15, -0.1) is 5.10 Å². The molecule has 4 aromatic rings. The third-order valence-electron chi connectivity index (χ3n) is 4.35. The van der Waals surface area contributed by atoms with E-state index in [4.69, 9.17) is 0 Å². The van der Waals surface area contributed by atoms with Gasteiger partial charge in [-0.3, -0.25) is 4.98 Å². The summed E-state index contributed by atoms with van der Waals surface area (Å²) < 4.78 is 15.6. The van der Waals surface area contributed by atoms with Crippen molar-refractivity contribution in [3.63, 3.8) is 0 Å². The van der Waals surface area contributed by atoms with E-state index in [1.807, 2.05) is 32.9 Å². The molecule has 3 aromatic heterocycles. The van der Waals surface area contributed by atoms with Gasteiger partial charge in [-0.2, -0.15) is 4.98 Å². The van der Waals surface area contributed by atoms with Crippen molar-refractivity contribution in [2.75, 3.05) is 0 Å². The lowest BCUT2D eigenvalue weighted by molar-refractivity contribution is 0.628. The molecule has 0 unspecified atom stereocenters. The van der Waals surface area contributed by atoms with Gasteiger partial charge in [0.1, 0.15) is 5.82 Å². The average molecular weight is 353 g/mol. The number of pyridine rings is 1. The second-order valence-electron chi connectivity index (χ2n) is 5.94. The number of nitrogens with zero attached hydrogens (tertiary/aromatic N) is 5. The first-order valence-corrected chi connectivity index (χ1v) is 8.88. The lowest BCUT2D eigenvalue weighted by Crippen LogP contribution is -2.02. The van der Waals surface area contributed by atoms with Crippen LogP contribution in [0.2, 0.25) is 0 Å². The lowest BCUT2D eigenvalue weighted by Gasteiger charge is -2.05. The number of hydrogen-bond acceptors (Lipinski definition) is 5. The van der Waals surface area contributed by atoms with E-state index in [9.17, 15) is 4.39 Å². The lowest BCUT2D eigenvalue weighted by atomic mass is 10.1. The van der Waals surface area contributed by atoms with Crippen molar-refractivity contribution < 1.29 is 4.39 Å². The Bertz CT molecular complexity index is 1110. The molecule has 0 atom stereocenters. The molecule has 1 aromatic carbocycles. The van der Waals surface area contributed by atoms with Gasteiger partial charge in [-0.25, -0.2) is 13.9 Å². The maximum absolute atomic E-state index is 13.8. The highest BCUT2D eigenvalue weighted by Crippen LogP contribution is 2.26. The number of halogens is 1. The number of benzene rings is 1. The van der Waals surface area contributed by atoms with Gasteiger partial charge in [0.25, 0.3) is 5.78 Å². The van der Waals surface area contributed by atoms with E-state index in [0.717, 1.165) is 33.4 Å². The zero-order valence-electron chi connectivity index (χ0n) is 14.1. The number of aryl methyl sites for hydroxylation is 2. The quantitative estimate of drug-likeness (QED) is 0.521. The summed E-state index contributed by atoms with van der Waals surface area (Å²) in [5.74, 6) is 0.868. The summed E-state index contributed by atoms with van der Waals surface area (Å²) >= 11 is 1.45. The molecule has 0 radical (unpaired) electrons. The van der Waals surface area contributed by atoms with E-state index in [0.29, 0.717) is 16.7 Å². The highest BCUT2D eigenvalue weighted by Gasteiger charge is 2.12. The zero-order chi connectivity index (χ0) is 17.6. The Labute approximate surface area is 148 Å². The van der Waals surface area contributed by atoms with Crippen molar-refractivity contribution in [1.82, 2.24) is 24.6 Å². The maximum Gasteiger partial charge on any atom is 0.253 e. The molecule has 4 rings (SSSR count). The average Bonchev–Trinajstić information content (AvgIpc) is 3.00. The summed E-state index contributed by atoms with van der Waals surface area (Å²) in [5, 5.41) is 5.94. The topological polar surface area (TPSA) is 56.0 Å². The molecule has 0 aliphatic heterocycles. The Hall–Kier alpha value is -2.54. The van der Waals surface area contributed by atoms with Gasteiger partial charge in [0.2, 0.25) is 5.16 Å². The Kier molecular flexibility index (Phi) is 3.88. The van der Waals surface area contributed by atoms with E-state index in [1.54, 1.807) is 10.7 Å². The maximum atomic E-state index is 13.8. The molecule has 5 nitrogen and oxygen atoms in total. The fourth-order valence-electron chi connectivity index (χ4n) is 2.78. The van der Waals surface area contributed by atoms with E-state index in [2.05, 4.69) is 20.1 Å². The number of thioether (sulfide) groups is 1. The third-order valence-corrected chi connectivity index (χ3v) is 5.23. The largest absolute Gasteiger partial charge is 0.256 e. The van der Waals surface area contributed by atoms with Crippen LogP contribution in [0, 0.1) is 26.6 Å². The molecule has 0 spiro atoms. The normalized spacial score (nSPS) is 11.5. The summed E-state index contributed by atoms with van der Waals surface area (Å²) in [6, 6.07) is 6.69. The molecule has 25 heavy (non-hydrogen) atoms. The Balaban J connectivity index is 1.68. The Morgan fingerprint density at radius 1 is 1.16 bits per heavy atom. The summed E-state index contributed by atoms with van der Waals surface area (Å²) in [7, 11) is 0. The van der Waals surface area contributed by atoms with Crippen LogP contribution in [-0.4, -0.2) is 24.6 Å². The second kappa shape index (κ2) is 6.07. The van der Waals surface area contributed by atoms with Crippen LogP contribution in [0.4, 0.5) is 4.39 Å². The van der Waals surface area contributed by atoms with Crippen LogP contribution in [0.5, 0.6) is 0 Å². The SMILES string of the molecule is Cc1nc2nc(SCc3cc(F)cc4cccnc34)nn2c(C)c1C. The smallest absolute Gasteiger partial charge is 0.253 e. The molecule has 0 bridgehead atoms. The minimum atomic E-state index is -0.261. The fraction of sp³-hybridized carbons (Fsp3) is 0.222. The minimum absolute atomic E-state index is 0.261. The van der Waals surface area contributed by atoms with Crippen molar-refractivity contribution in [1.29, 1.82) is 0 Å². The molecule has 0 aliphatic carbocycles. The van der Waals surface area contributed by atoms with Crippen molar-refractivity contribution in [3.8, 4) is 0 Å². The number of rotatable bonds is 3. The van der Waals surface area contributed by atoms with Crippen LogP contribution in [0.15, 0.2) is 35.6 Å². The molecule has 0 aliphatic rings. The monoisotopic (exact) mass is 353 g/mol. The van der Waals surface area contributed by atoms with Gasteiger partial charge in [-0.1, -0.05) is 17.8 Å². The van der Waals surface area contributed by atoms with Crippen LogP contribution in [0.1, 0.15) is 22.5 Å². The van der Waals surface area contributed by atoms with E-state index in [-0.39, 0.29) is 5.82 Å². The summed E-state index contributed by atoms with van der Waals surface area (Å²) in [6.45, 7) is 5.99. The van der Waals surface area contributed by atoms with Crippen molar-refractivity contribution >= 4 is 28.4 Å². The fourth-order valence-corrected chi connectivity index (χ4v) is 3.57. The molecule has 0 saturated carbocycles. The van der Waals surface area contributed by atoms with Crippen molar-refractivity contribution in [2.45, 2.75) is 31.7 Å². The van der Waals surface area contributed by atoms with Crippen LogP contribution in [0.3, 0.4) is 0 Å². The summed E-state index contributed by atoms with van der Waals surface area (Å²) in [6.07, 6.45) is 1.72. The Morgan fingerprint density at radius 3 is 2.84 bits per heavy atom. The molecule has 0 N–H and O–H groups in total. The van der Waals surface area contributed by atoms with E-state index < -0.39 is 0 Å². The predicted octanol–water partition coefficient (Wildman–Crippen LogP) is 4.03. The van der Waals surface area contributed by atoms with Crippen LogP contribution >= 0.6 is 11.8 Å². The summed E-state index contributed by atoms with van der Waals surface area (Å²) in [4.78, 5) is 13.3. The third kappa shape index (κ3) is 2.84. The molecular weight excluding hydrogens is 337 g/mol. The molecule has 7 heteroatoms. The van der Waals surface area contributed by atoms with Crippen LogP contribution in [-0.2, 0) is 5.75 Å². The number of aromatic nitrogens is 5. The van der Waals surface area contributed by atoms with E-state index >= 15 is 0 Å². The predicted molar refractivity (Wildman–Crippen MR) is 96.3 cm³/mol. The Morgan fingerprint density at radius 2 is 2.00 bits per heavy atom. The zero-order valence-corrected chi connectivity index (χ0v) is 14.9. The molecular formula is C18H16FN5S. The van der Waals surface area contributed by atoms with Gasteiger partial charge in [0.15, 0.2) is 0 Å². The molecule has 0 fully saturated rings. The van der Waals surface area contributed by atoms with Gasteiger partial charge in [0.05, 0.1) is 5.52 Å². The first kappa shape index (κ1) is 16.0. The molecule has 0 amide bonds. The second-order valence-corrected chi connectivity index (χ2v) is 6.89. The van der Waals surface area contributed by atoms with E-state index in [1.165, 1.54) is 23.9 Å². The van der Waals surface area contributed by atoms with Crippen LogP contribution in [0.25, 0.3) is 16.7 Å². The minimum Gasteiger partial charge on any atom is -0.256 e. The van der Waals surface area contributed by atoms with Gasteiger partial charge in [-0.05, 0) is 50.1 Å². The van der Waals surface area contributed by atoms with Gasteiger partial charge >= 0.3 is 0 Å². The molecule has 0 saturated heterocycles. The highest BCUT2D eigenvalue weighted by molar-refractivity contribution is 7.98. The van der Waals surface area contributed by atoms with Crippen LogP contribution < -0.4 is 0 Å². The van der Waals surface area contributed by atoms with Crippen molar-refractivity contribution in [2.24, 2.45) is 0 Å². The molecule has 126 valence electrons. The first-order valence-electron chi connectivity index (χ1n) is 7.89. The summed E-state index contributed by atoms with van der Waals surface area (Å²) in [5.41, 5.74) is 4.72. The highest BCUT2D eigenvalue weighted by atomic mass is 32.2. The van der Waals surface area contributed by atoms with Gasteiger partial charge < -0.3 is 0 Å². The number of hydrogen-bond donors (Lipinski definition) is 0. The first-order chi connectivity index (χ1) is 12.0. The molecule has 3 heterocycles. The number of fused-ring (bicyclic) bond motifs is 2.